The van der Waals surface area contributed by atoms with Gasteiger partial charge in [-0.05, 0) is 25.3 Å². The van der Waals surface area contributed by atoms with Gasteiger partial charge in [-0.3, -0.25) is 4.79 Å². The van der Waals surface area contributed by atoms with Crippen molar-refractivity contribution in [3.63, 3.8) is 0 Å². The lowest BCUT2D eigenvalue weighted by Gasteiger charge is -2.18. The van der Waals surface area contributed by atoms with Crippen molar-refractivity contribution in [2.75, 3.05) is 19.7 Å². The number of hydrogen-bond donors (Lipinski definition) is 2. The van der Waals surface area contributed by atoms with Crippen LogP contribution in [0.15, 0.2) is 30.3 Å². The van der Waals surface area contributed by atoms with Crippen LogP contribution < -0.4 is 11.1 Å². The third kappa shape index (κ3) is 4.05. The Labute approximate surface area is 120 Å². The monoisotopic (exact) mass is 276 g/mol. The summed E-state index contributed by atoms with van der Waals surface area (Å²) < 4.78 is 5.50. The molecule has 0 saturated carbocycles. The van der Waals surface area contributed by atoms with Crippen molar-refractivity contribution in [1.82, 2.24) is 5.32 Å². The second kappa shape index (κ2) is 7.41. The van der Waals surface area contributed by atoms with Gasteiger partial charge in [-0.25, -0.2) is 0 Å². The zero-order chi connectivity index (χ0) is 14.4. The van der Waals surface area contributed by atoms with E-state index in [2.05, 4.69) is 12.2 Å². The Kier molecular flexibility index (Phi) is 5.56. The standard InChI is InChI=1S/C16H24N2O2/c1-12-14(7-8-20-12)11-18-16(19)15(10-17)9-13-5-3-2-4-6-13/h2-6,12,14-15H,7-11,17H2,1H3,(H,18,19). The number of ether oxygens (including phenoxy) is 1. The molecule has 0 bridgehead atoms. The third-order valence-corrected chi connectivity index (χ3v) is 4.05. The van der Waals surface area contributed by atoms with Gasteiger partial charge in [0, 0.05) is 25.6 Å². The van der Waals surface area contributed by atoms with Crippen LogP contribution in [0.25, 0.3) is 0 Å². The summed E-state index contributed by atoms with van der Waals surface area (Å²) in [5.41, 5.74) is 6.90. The number of hydrogen-bond acceptors (Lipinski definition) is 3. The lowest BCUT2D eigenvalue weighted by Crippen LogP contribution is -2.39. The molecule has 0 spiro atoms. The Morgan fingerprint density at radius 2 is 2.20 bits per heavy atom. The van der Waals surface area contributed by atoms with Gasteiger partial charge in [0.2, 0.25) is 5.91 Å². The molecule has 0 radical (unpaired) electrons. The fraction of sp³-hybridized carbons (Fsp3) is 0.562. The Hall–Kier alpha value is -1.39. The van der Waals surface area contributed by atoms with Crippen LogP contribution >= 0.6 is 0 Å². The minimum atomic E-state index is -0.157. The van der Waals surface area contributed by atoms with Crippen LogP contribution in [0.1, 0.15) is 18.9 Å². The number of carbonyl (C=O) groups excluding carboxylic acids is 1. The number of benzene rings is 1. The molecule has 1 aliphatic rings. The maximum absolute atomic E-state index is 12.2. The van der Waals surface area contributed by atoms with E-state index in [9.17, 15) is 4.79 Å². The summed E-state index contributed by atoms with van der Waals surface area (Å²) in [6.07, 6.45) is 1.95. The molecule has 0 aromatic heterocycles. The van der Waals surface area contributed by atoms with E-state index >= 15 is 0 Å². The van der Waals surface area contributed by atoms with E-state index in [0.29, 0.717) is 25.4 Å². The molecule has 0 aliphatic carbocycles. The minimum Gasteiger partial charge on any atom is -0.378 e. The zero-order valence-electron chi connectivity index (χ0n) is 12.0. The smallest absolute Gasteiger partial charge is 0.224 e. The number of nitrogens with two attached hydrogens (primary N) is 1. The topological polar surface area (TPSA) is 64.3 Å². The molecule has 1 amide bonds. The Morgan fingerprint density at radius 1 is 1.45 bits per heavy atom. The van der Waals surface area contributed by atoms with E-state index in [1.54, 1.807) is 0 Å². The highest BCUT2D eigenvalue weighted by molar-refractivity contribution is 5.79. The summed E-state index contributed by atoms with van der Waals surface area (Å²) in [5, 5.41) is 3.03. The van der Waals surface area contributed by atoms with Crippen molar-refractivity contribution in [2.45, 2.75) is 25.9 Å². The van der Waals surface area contributed by atoms with Gasteiger partial charge in [-0.15, -0.1) is 0 Å². The Bertz CT molecular complexity index is 422. The first-order valence-electron chi connectivity index (χ1n) is 7.34. The van der Waals surface area contributed by atoms with Gasteiger partial charge in [0.1, 0.15) is 0 Å². The molecule has 1 fully saturated rings. The molecule has 4 nitrogen and oxygen atoms in total. The predicted octanol–water partition coefficient (Wildman–Crippen LogP) is 1.35. The average Bonchev–Trinajstić information content (AvgIpc) is 2.88. The molecule has 4 heteroatoms. The molecule has 20 heavy (non-hydrogen) atoms. The minimum absolute atomic E-state index is 0.0513. The number of amides is 1. The zero-order valence-corrected chi connectivity index (χ0v) is 12.0. The van der Waals surface area contributed by atoms with Crippen molar-refractivity contribution < 1.29 is 9.53 Å². The second-order valence-electron chi connectivity index (χ2n) is 5.49. The highest BCUT2D eigenvalue weighted by atomic mass is 16.5. The molecule has 3 N–H and O–H groups in total. The summed E-state index contributed by atoms with van der Waals surface area (Å²) in [5.74, 6) is 0.319. The average molecular weight is 276 g/mol. The van der Waals surface area contributed by atoms with Gasteiger partial charge in [-0.1, -0.05) is 30.3 Å². The molecule has 1 saturated heterocycles. The normalized spacial score (nSPS) is 23.5. The first-order chi connectivity index (χ1) is 9.70. The largest absolute Gasteiger partial charge is 0.378 e. The summed E-state index contributed by atoms with van der Waals surface area (Å²) in [6, 6.07) is 10.0. The van der Waals surface area contributed by atoms with Crippen LogP contribution in [0.5, 0.6) is 0 Å². The quantitative estimate of drug-likeness (QED) is 0.824. The Balaban J connectivity index is 1.82. The predicted molar refractivity (Wildman–Crippen MR) is 79.2 cm³/mol. The van der Waals surface area contributed by atoms with E-state index in [-0.39, 0.29) is 17.9 Å². The number of carbonyl (C=O) groups is 1. The molecule has 1 heterocycles. The second-order valence-corrected chi connectivity index (χ2v) is 5.49. The molecule has 1 aromatic carbocycles. The summed E-state index contributed by atoms with van der Waals surface area (Å²) in [7, 11) is 0. The molecular formula is C16H24N2O2. The molecular weight excluding hydrogens is 252 g/mol. The highest BCUT2D eigenvalue weighted by Crippen LogP contribution is 2.19. The fourth-order valence-electron chi connectivity index (χ4n) is 2.60. The van der Waals surface area contributed by atoms with Crippen LogP contribution in [0.4, 0.5) is 0 Å². The lowest BCUT2D eigenvalue weighted by molar-refractivity contribution is -0.124. The summed E-state index contributed by atoms with van der Waals surface area (Å²) >= 11 is 0. The van der Waals surface area contributed by atoms with Crippen molar-refractivity contribution in [2.24, 2.45) is 17.6 Å². The van der Waals surface area contributed by atoms with Crippen molar-refractivity contribution >= 4 is 5.91 Å². The fourth-order valence-corrected chi connectivity index (χ4v) is 2.60. The Morgan fingerprint density at radius 3 is 2.80 bits per heavy atom. The molecule has 2 rings (SSSR count). The maximum Gasteiger partial charge on any atom is 0.224 e. The van der Waals surface area contributed by atoms with E-state index < -0.39 is 0 Å². The van der Waals surface area contributed by atoms with Crippen molar-refractivity contribution in [3.8, 4) is 0 Å². The van der Waals surface area contributed by atoms with Crippen LogP contribution in [-0.4, -0.2) is 31.7 Å². The van der Waals surface area contributed by atoms with E-state index in [4.69, 9.17) is 10.5 Å². The SMILES string of the molecule is CC1OCCC1CNC(=O)C(CN)Cc1ccccc1. The van der Waals surface area contributed by atoms with Gasteiger partial charge < -0.3 is 15.8 Å². The highest BCUT2D eigenvalue weighted by Gasteiger charge is 2.25. The van der Waals surface area contributed by atoms with Crippen LogP contribution in [-0.2, 0) is 16.0 Å². The maximum atomic E-state index is 12.2. The summed E-state index contributed by atoms with van der Waals surface area (Å²) in [4.78, 5) is 12.2. The van der Waals surface area contributed by atoms with Crippen LogP contribution in [0.2, 0.25) is 0 Å². The van der Waals surface area contributed by atoms with Crippen LogP contribution in [0.3, 0.4) is 0 Å². The van der Waals surface area contributed by atoms with E-state index in [0.717, 1.165) is 18.6 Å². The molecule has 3 unspecified atom stereocenters. The number of rotatable bonds is 6. The van der Waals surface area contributed by atoms with Gasteiger partial charge in [-0.2, -0.15) is 0 Å². The van der Waals surface area contributed by atoms with E-state index in [1.165, 1.54) is 0 Å². The van der Waals surface area contributed by atoms with Crippen LogP contribution in [0, 0.1) is 11.8 Å². The first-order valence-corrected chi connectivity index (χ1v) is 7.34. The third-order valence-electron chi connectivity index (χ3n) is 4.05. The number of nitrogens with one attached hydrogen (secondary N) is 1. The van der Waals surface area contributed by atoms with Gasteiger partial charge >= 0.3 is 0 Å². The molecule has 1 aliphatic heterocycles. The van der Waals surface area contributed by atoms with Gasteiger partial charge in [0.15, 0.2) is 0 Å². The van der Waals surface area contributed by atoms with Crippen molar-refractivity contribution in [3.05, 3.63) is 35.9 Å². The molecule has 3 atom stereocenters. The van der Waals surface area contributed by atoms with Gasteiger partial charge in [0.05, 0.1) is 12.0 Å². The molecule has 1 aromatic rings. The first kappa shape index (κ1) is 15.0. The van der Waals surface area contributed by atoms with Crippen molar-refractivity contribution in [1.29, 1.82) is 0 Å². The van der Waals surface area contributed by atoms with E-state index in [1.807, 2.05) is 30.3 Å². The van der Waals surface area contributed by atoms with Gasteiger partial charge in [0.25, 0.3) is 0 Å². The lowest BCUT2D eigenvalue weighted by atomic mass is 9.97. The molecule has 110 valence electrons. The summed E-state index contributed by atoms with van der Waals surface area (Å²) in [6.45, 7) is 3.92.